The van der Waals surface area contributed by atoms with Crippen molar-refractivity contribution in [1.82, 2.24) is 10.3 Å². The average molecular weight is 254 g/mol. The minimum Gasteiger partial charge on any atom is -0.314 e. The smallest absolute Gasteiger partial charge is 0.0705 e. The first-order chi connectivity index (χ1) is 9.25. The van der Waals surface area contributed by atoms with Crippen molar-refractivity contribution in [2.45, 2.75) is 32.7 Å². The molecule has 1 aromatic heterocycles. The summed E-state index contributed by atoms with van der Waals surface area (Å²) < 4.78 is 0. The summed E-state index contributed by atoms with van der Waals surface area (Å²) in [5, 5.41) is 4.61. The summed E-state index contributed by atoms with van der Waals surface area (Å²) >= 11 is 0. The highest BCUT2D eigenvalue weighted by Crippen LogP contribution is 2.12. The van der Waals surface area contributed by atoms with Gasteiger partial charge in [-0.25, -0.2) is 0 Å². The van der Waals surface area contributed by atoms with E-state index in [2.05, 4.69) is 60.6 Å². The van der Waals surface area contributed by atoms with E-state index in [4.69, 9.17) is 0 Å². The Morgan fingerprint density at radius 2 is 1.95 bits per heavy atom. The molecule has 2 nitrogen and oxygen atoms in total. The van der Waals surface area contributed by atoms with Crippen molar-refractivity contribution >= 4 is 10.9 Å². The Bertz CT molecular complexity index is 544. The highest BCUT2D eigenvalue weighted by Gasteiger charge is 1.95. The van der Waals surface area contributed by atoms with Crippen molar-refractivity contribution in [2.75, 3.05) is 6.54 Å². The lowest BCUT2D eigenvalue weighted by atomic mass is 10.1. The second kappa shape index (κ2) is 7.05. The van der Waals surface area contributed by atoms with Crippen LogP contribution in [0.15, 0.2) is 48.6 Å². The van der Waals surface area contributed by atoms with Gasteiger partial charge in [-0.3, -0.25) is 4.98 Å². The number of hydrogen-bond acceptors (Lipinski definition) is 2. The highest BCUT2D eigenvalue weighted by molar-refractivity contribution is 5.78. The summed E-state index contributed by atoms with van der Waals surface area (Å²) in [4.78, 5) is 4.65. The minimum atomic E-state index is 0.565. The van der Waals surface area contributed by atoms with Gasteiger partial charge in [0.15, 0.2) is 0 Å². The van der Waals surface area contributed by atoms with Crippen LogP contribution in [-0.2, 0) is 6.42 Å². The fraction of sp³-hybridized carbons (Fsp3) is 0.353. The number of fused-ring (bicyclic) bond motifs is 1. The molecule has 1 heterocycles. The van der Waals surface area contributed by atoms with E-state index in [0.717, 1.165) is 30.6 Å². The molecule has 1 aromatic carbocycles. The summed E-state index contributed by atoms with van der Waals surface area (Å²) in [5.41, 5.74) is 2.21. The summed E-state index contributed by atoms with van der Waals surface area (Å²) in [5.74, 6) is 0. The van der Waals surface area contributed by atoms with Crippen LogP contribution in [0, 0.1) is 0 Å². The lowest BCUT2D eigenvalue weighted by Crippen LogP contribution is -2.23. The Morgan fingerprint density at radius 1 is 1.11 bits per heavy atom. The summed E-state index contributed by atoms with van der Waals surface area (Å²) in [6, 6.07) is 13.1. The summed E-state index contributed by atoms with van der Waals surface area (Å²) in [6.07, 6.45) is 6.42. The van der Waals surface area contributed by atoms with Gasteiger partial charge >= 0.3 is 0 Å². The highest BCUT2D eigenvalue weighted by atomic mass is 14.9. The maximum absolute atomic E-state index is 4.65. The van der Waals surface area contributed by atoms with Crippen LogP contribution in [0.2, 0.25) is 0 Å². The van der Waals surface area contributed by atoms with Gasteiger partial charge in [-0.05, 0) is 25.1 Å². The molecule has 1 N–H and O–H groups in total. The summed E-state index contributed by atoms with van der Waals surface area (Å²) in [6.45, 7) is 5.38. The molecule has 0 radical (unpaired) electrons. The Labute approximate surface area is 115 Å². The zero-order valence-electron chi connectivity index (χ0n) is 11.8. The van der Waals surface area contributed by atoms with Crippen LogP contribution in [0.5, 0.6) is 0 Å². The van der Waals surface area contributed by atoms with E-state index in [1.807, 2.05) is 12.1 Å². The fourth-order valence-electron chi connectivity index (χ4n) is 2.00. The predicted octanol–water partition coefficient (Wildman–Crippen LogP) is 3.72. The van der Waals surface area contributed by atoms with E-state index in [1.165, 1.54) is 5.39 Å². The molecule has 2 heteroatoms. The Morgan fingerprint density at radius 3 is 2.79 bits per heavy atom. The van der Waals surface area contributed by atoms with Crippen LogP contribution in [0.4, 0.5) is 0 Å². The lowest BCUT2D eigenvalue weighted by Gasteiger charge is -2.04. The molecule has 0 aliphatic heterocycles. The van der Waals surface area contributed by atoms with E-state index in [0.29, 0.717) is 6.04 Å². The molecule has 0 atom stereocenters. The van der Waals surface area contributed by atoms with Gasteiger partial charge in [0, 0.05) is 23.5 Å². The molecule has 19 heavy (non-hydrogen) atoms. The van der Waals surface area contributed by atoms with Crippen LogP contribution in [-0.4, -0.2) is 17.6 Å². The number of nitrogens with one attached hydrogen (secondary N) is 1. The first-order valence-corrected chi connectivity index (χ1v) is 6.99. The summed E-state index contributed by atoms with van der Waals surface area (Å²) in [7, 11) is 0. The predicted molar refractivity (Wildman–Crippen MR) is 82.3 cm³/mol. The van der Waals surface area contributed by atoms with Crippen LogP contribution in [0.25, 0.3) is 10.9 Å². The van der Waals surface area contributed by atoms with Gasteiger partial charge in [0.1, 0.15) is 0 Å². The topological polar surface area (TPSA) is 24.9 Å². The zero-order chi connectivity index (χ0) is 13.5. The number of aromatic nitrogens is 1. The normalized spacial score (nSPS) is 11.7. The van der Waals surface area contributed by atoms with Gasteiger partial charge in [0.25, 0.3) is 0 Å². The number of rotatable bonds is 6. The molecule has 0 saturated heterocycles. The van der Waals surface area contributed by atoms with Crippen molar-refractivity contribution in [3.63, 3.8) is 0 Å². The second-order valence-electron chi connectivity index (χ2n) is 5.07. The monoisotopic (exact) mass is 254 g/mol. The number of pyridine rings is 1. The first kappa shape index (κ1) is 13.8. The van der Waals surface area contributed by atoms with Crippen LogP contribution < -0.4 is 5.32 Å². The number of para-hydroxylation sites is 1. The third-order valence-electron chi connectivity index (χ3n) is 3.01. The number of benzene rings is 1. The number of allylic oxidation sites excluding steroid dienone is 1. The molecule has 0 saturated carbocycles. The molecule has 0 spiro atoms. The van der Waals surface area contributed by atoms with Gasteiger partial charge in [-0.15, -0.1) is 0 Å². The molecule has 2 aromatic rings. The van der Waals surface area contributed by atoms with Crippen LogP contribution >= 0.6 is 0 Å². The maximum atomic E-state index is 4.65. The van der Waals surface area contributed by atoms with Gasteiger partial charge in [-0.2, -0.15) is 0 Å². The third-order valence-corrected chi connectivity index (χ3v) is 3.01. The zero-order valence-corrected chi connectivity index (χ0v) is 11.8. The quantitative estimate of drug-likeness (QED) is 0.627. The maximum Gasteiger partial charge on any atom is 0.0705 e. The van der Waals surface area contributed by atoms with E-state index >= 15 is 0 Å². The van der Waals surface area contributed by atoms with Crippen molar-refractivity contribution < 1.29 is 0 Å². The molecule has 0 fully saturated rings. The van der Waals surface area contributed by atoms with Crippen molar-refractivity contribution in [2.24, 2.45) is 0 Å². The molecule has 2 rings (SSSR count). The van der Waals surface area contributed by atoms with Gasteiger partial charge < -0.3 is 5.32 Å². The Kier molecular flexibility index (Phi) is 5.10. The molecule has 0 unspecified atom stereocenters. The van der Waals surface area contributed by atoms with Crippen molar-refractivity contribution in [3.8, 4) is 0 Å². The lowest BCUT2D eigenvalue weighted by molar-refractivity contribution is 0.594. The second-order valence-corrected chi connectivity index (χ2v) is 5.07. The van der Waals surface area contributed by atoms with E-state index < -0.39 is 0 Å². The Balaban J connectivity index is 1.86. The fourth-order valence-corrected chi connectivity index (χ4v) is 2.00. The Hall–Kier alpha value is -1.67. The van der Waals surface area contributed by atoms with Crippen LogP contribution in [0.3, 0.4) is 0 Å². The standard InChI is InChI=1S/C17H22N2/c1-14(2)18-13-7-3-4-9-16-12-11-15-8-5-6-10-17(15)19-16/h3-6,8,10-12,14,18H,7,9,13H2,1-2H3. The van der Waals surface area contributed by atoms with E-state index in [9.17, 15) is 0 Å². The van der Waals surface area contributed by atoms with Gasteiger partial charge in [0.05, 0.1) is 5.52 Å². The number of hydrogen-bond donors (Lipinski definition) is 1. The SMILES string of the molecule is CC(C)NCCC=CCc1ccc2ccccc2n1. The van der Waals surface area contributed by atoms with Crippen LogP contribution in [0.1, 0.15) is 26.0 Å². The first-order valence-electron chi connectivity index (χ1n) is 6.99. The van der Waals surface area contributed by atoms with E-state index in [-0.39, 0.29) is 0 Å². The largest absolute Gasteiger partial charge is 0.314 e. The van der Waals surface area contributed by atoms with E-state index in [1.54, 1.807) is 0 Å². The number of nitrogens with zero attached hydrogens (tertiary/aromatic N) is 1. The van der Waals surface area contributed by atoms with Crippen molar-refractivity contribution in [3.05, 3.63) is 54.2 Å². The molecule has 0 bridgehead atoms. The molecule has 0 amide bonds. The van der Waals surface area contributed by atoms with Gasteiger partial charge in [0.2, 0.25) is 0 Å². The molecular formula is C17H22N2. The van der Waals surface area contributed by atoms with Crippen molar-refractivity contribution in [1.29, 1.82) is 0 Å². The minimum absolute atomic E-state index is 0.565. The molecular weight excluding hydrogens is 232 g/mol. The third kappa shape index (κ3) is 4.49. The average Bonchev–Trinajstić information content (AvgIpc) is 2.42. The van der Waals surface area contributed by atoms with Gasteiger partial charge in [-0.1, -0.05) is 50.3 Å². The molecule has 100 valence electrons. The molecule has 0 aliphatic rings. The molecule has 0 aliphatic carbocycles.